The van der Waals surface area contributed by atoms with Crippen molar-refractivity contribution in [1.82, 2.24) is 10.2 Å². The lowest BCUT2D eigenvalue weighted by Crippen LogP contribution is -2.51. The zero-order valence-corrected chi connectivity index (χ0v) is 19.7. The number of carbonyl (C=O) groups excluding carboxylic acids is 2. The number of nitrogens with zero attached hydrogens (tertiary/aromatic N) is 2. The Labute approximate surface area is 189 Å². The SMILES string of the molecule is CCNC(=O)[C@@H](C)N(Cc1ccccc1Cl)C(=O)CN(c1cccc(C)c1)S(C)(=O)=O. The second kappa shape index (κ2) is 10.6. The molecule has 0 aliphatic rings. The fourth-order valence-electron chi connectivity index (χ4n) is 3.11. The smallest absolute Gasteiger partial charge is 0.244 e. The summed E-state index contributed by atoms with van der Waals surface area (Å²) in [7, 11) is -3.74. The van der Waals surface area contributed by atoms with E-state index in [0.29, 0.717) is 22.8 Å². The van der Waals surface area contributed by atoms with Gasteiger partial charge in [-0.25, -0.2) is 8.42 Å². The van der Waals surface area contributed by atoms with E-state index >= 15 is 0 Å². The summed E-state index contributed by atoms with van der Waals surface area (Å²) in [5.41, 5.74) is 1.91. The number of carbonyl (C=O) groups is 2. The topological polar surface area (TPSA) is 86.8 Å². The van der Waals surface area contributed by atoms with E-state index in [9.17, 15) is 18.0 Å². The molecule has 0 aromatic heterocycles. The summed E-state index contributed by atoms with van der Waals surface area (Å²) in [4.78, 5) is 27.2. The Morgan fingerprint density at radius 2 is 1.81 bits per heavy atom. The van der Waals surface area contributed by atoms with E-state index in [0.717, 1.165) is 16.1 Å². The average Bonchev–Trinajstić information content (AvgIpc) is 2.70. The lowest BCUT2D eigenvalue weighted by Gasteiger charge is -2.31. The molecule has 168 valence electrons. The van der Waals surface area contributed by atoms with Crippen LogP contribution in [-0.2, 0) is 26.2 Å². The summed E-state index contributed by atoms with van der Waals surface area (Å²) in [6, 6.07) is 13.1. The Kier molecular flexibility index (Phi) is 8.47. The maximum absolute atomic E-state index is 13.3. The van der Waals surface area contributed by atoms with E-state index in [1.165, 1.54) is 4.90 Å². The van der Waals surface area contributed by atoms with Gasteiger partial charge in [-0.15, -0.1) is 0 Å². The molecular weight excluding hydrogens is 438 g/mol. The number of likely N-dealkylation sites (N-methyl/N-ethyl adjacent to an activating group) is 1. The third kappa shape index (κ3) is 6.70. The molecule has 0 spiro atoms. The van der Waals surface area contributed by atoms with Crippen molar-refractivity contribution in [3.63, 3.8) is 0 Å². The van der Waals surface area contributed by atoms with E-state index in [1.54, 1.807) is 56.3 Å². The number of hydrogen-bond acceptors (Lipinski definition) is 4. The largest absolute Gasteiger partial charge is 0.355 e. The zero-order valence-electron chi connectivity index (χ0n) is 18.1. The first kappa shape index (κ1) is 24.7. The first-order valence-corrected chi connectivity index (χ1v) is 12.1. The quantitative estimate of drug-likeness (QED) is 0.616. The van der Waals surface area contributed by atoms with Crippen LogP contribution in [0.25, 0.3) is 0 Å². The van der Waals surface area contributed by atoms with Crippen LogP contribution in [0.2, 0.25) is 5.02 Å². The predicted molar refractivity (Wildman–Crippen MR) is 124 cm³/mol. The van der Waals surface area contributed by atoms with Crippen LogP contribution in [0.5, 0.6) is 0 Å². The maximum atomic E-state index is 13.3. The van der Waals surface area contributed by atoms with E-state index in [4.69, 9.17) is 11.6 Å². The van der Waals surface area contributed by atoms with Crippen LogP contribution in [-0.4, -0.2) is 50.5 Å². The Bertz CT molecular complexity index is 1040. The number of nitrogens with one attached hydrogen (secondary N) is 1. The Morgan fingerprint density at radius 3 is 2.39 bits per heavy atom. The fourth-order valence-corrected chi connectivity index (χ4v) is 4.15. The lowest BCUT2D eigenvalue weighted by atomic mass is 10.1. The summed E-state index contributed by atoms with van der Waals surface area (Å²) in [5, 5.41) is 3.17. The maximum Gasteiger partial charge on any atom is 0.244 e. The molecule has 0 saturated carbocycles. The standard InChI is InChI=1S/C22H28ClN3O4S/c1-5-24-22(28)17(3)25(14-18-10-6-7-12-20(18)23)21(27)15-26(31(4,29)30)19-11-8-9-16(2)13-19/h6-13,17H,5,14-15H2,1-4H3,(H,24,28)/t17-/m1/s1. The van der Waals surface area contributed by atoms with Gasteiger partial charge < -0.3 is 10.2 Å². The molecule has 7 nitrogen and oxygen atoms in total. The highest BCUT2D eigenvalue weighted by molar-refractivity contribution is 7.92. The third-order valence-corrected chi connectivity index (χ3v) is 6.29. The fraction of sp³-hybridized carbons (Fsp3) is 0.364. The van der Waals surface area contributed by atoms with E-state index in [-0.39, 0.29) is 12.5 Å². The molecule has 2 amide bonds. The van der Waals surface area contributed by atoms with Crippen molar-refractivity contribution in [3.8, 4) is 0 Å². The van der Waals surface area contributed by atoms with Crippen molar-refractivity contribution < 1.29 is 18.0 Å². The minimum Gasteiger partial charge on any atom is -0.355 e. The van der Waals surface area contributed by atoms with Gasteiger partial charge in [0.2, 0.25) is 21.8 Å². The number of rotatable bonds is 9. The number of amides is 2. The molecule has 0 fully saturated rings. The van der Waals surface area contributed by atoms with Gasteiger partial charge in [0.05, 0.1) is 11.9 Å². The minimum absolute atomic E-state index is 0.0717. The van der Waals surface area contributed by atoms with Crippen molar-refractivity contribution in [2.75, 3.05) is 23.7 Å². The van der Waals surface area contributed by atoms with E-state index in [1.807, 2.05) is 13.0 Å². The Balaban J connectivity index is 2.40. The lowest BCUT2D eigenvalue weighted by molar-refractivity contribution is -0.139. The first-order valence-electron chi connectivity index (χ1n) is 9.89. The second-order valence-electron chi connectivity index (χ2n) is 7.29. The highest BCUT2D eigenvalue weighted by Crippen LogP contribution is 2.22. The second-order valence-corrected chi connectivity index (χ2v) is 9.61. The van der Waals surface area contributed by atoms with Gasteiger partial charge in [-0.3, -0.25) is 13.9 Å². The van der Waals surface area contributed by atoms with Crippen LogP contribution in [0.15, 0.2) is 48.5 Å². The van der Waals surface area contributed by atoms with Crippen molar-refractivity contribution in [1.29, 1.82) is 0 Å². The van der Waals surface area contributed by atoms with Crippen LogP contribution in [0.1, 0.15) is 25.0 Å². The Morgan fingerprint density at radius 1 is 1.13 bits per heavy atom. The first-order chi connectivity index (χ1) is 14.5. The minimum atomic E-state index is -3.74. The molecule has 0 aliphatic heterocycles. The molecule has 31 heavy (non-hydrogen) atoms. The van der Waals surface area contributed by atoms with Gasteiger partial charge in [-0.05, 0) is 50.1 Å². The van der Waals surface area contributed by atoms with Gasteiger partial charge in [0.15, 0.2) is 0 Å². The molecule has 1 atom stereocenters. The number of hydrogen-bond donors (Lipinski definition) is 1. The number of anilines is 1. The van der Waals surface area contributed by atoms with Crippen LogP contribution >= 0.6 is 11.6 Å². The van der Waals surface area contributed by atoms with Crippen molar-refractivity contribution in [2.45, 2.75) is 33.4 Å². The van der Waals surface area contributed by atoms with E-state index < -0.39 is 28.5 Å². The number of aryl methyl sites for hydroxylation is 1. The summed E-state index contributed by atoms with van der Waals surface area (Å²) in [5.74, 6) is -0.838. The molecule has 0 saturated heterocycles. The summed E-state index contributed by atoms with van der Waals surface area (Å²) < 4.78 is 26.0. The molecule has 0 radical (unpaired) electrons. The Hall–Kier alpha value is -2.58. The highest BCUT2D eigenvalue weighted by atomic mass is 35.5. The third-order valence-electron chi connectivity index (χ3n) is 4.79. The number of benzene rings is 2. The zero-order chi connectivity index (χ0) is 23.2. The molecule has 1 N–H and O–H groups in total. The number of halogens is 1. The van der Waals surface area contributed by atoms with Gasteiger partial charge in [-0.2, -0.15) is 0 Å². The molecule has 2 aromatic rings. The van der Waals surface area contributed by atoms with Crippen molar-refractivity contribution >= 4 is 39.1 Å². The van der Waals surface area contributed by atoms with Gasteiger partial charge in [-0.1, -0.05) is 41.9 Å². The number of sulfonamides is 1. The van der Waals surface area contributed by atoms with Crippen molar-refractivity contribution in [2.24, 2.45) is 0 Å². The van der Waals surface area contributed by atoms with Gasteiger partial charge in [0, 0.05) is 18.1 Å². The van der Waals surface area contributed by atoms with Crippen LogP contribution in [0.3, 0.4) is 0 Å². The van der Waals surface area contributed by atoms with Gasteiger partial charge >= 0.3 is 0 Å². The summed E-state index contributed by atoms with van der Waals surface area (Å²) >= 11 is 6.27. The average molecular weight is 466 g/mol. The molecule has 0 aliphatic carbocycles. The predicted octanol–water partition coefficient (Wildman–Crippen LogP) is 2.97. The molecule has 2 aromatic carbocycles. The molecule has 0 unspecified atom stereocenters. The molecule has 0 bridgehead atoms. The van der Waals surface area contributed by atoms with E-state index in [2.05, 4.69) is 5.32 Å². The molecule has 9 heteroatoms. The van der Waals surface area contributed by atoms with Crippen LogP contribution in [0, 0.1) is 6.92 Å². The van der Waals surface area contributed by atoms with Gasteiger partial charge in [0.1, 0.15) is 12.6 Å². The van der Waals surface area contributed by atoms with Crippen LogP contribution < -0.4 is 9.62 Å². The molecule has 0 heterocycles. The van der Waals surface area contributed by atoms with Crippen molar-refractivity contribution in [3.05, 3.63) is 64.7 Å². The highest BCUT2D eigenvalue weighted by Gasteiger charge is 2.30. The molecule has 2 rings (SSSR count). The van der Waals surface area contributed by atoms with Gasteiger partial charge in [0.25, 0.3) is 0 Å². The van der Waals surface area contributed by atoms with Crippen LogP contribution in [0.4, 0.5) is 5.69 Å². The normalized spacial score (nSPS) is 12.2. The summed E-state index contributed by atoms with van der Waals surface area (Å²) in [6.45, 7) is 5.28. The molecular formula is C22H28ClN3O4S. The summed E-state index contributed by atoms with van der Waals surface area (Å²) in [6.07, 6.45) is 1.05. The monoisotopic (exact) mass is 465 g/mol.